The summed E-state index contributed by atoms with van der Waals surface area (Å²) in [7, 11) is 0. The molecule has 0 saturated heterocycles. The summed E-state index contributed by atoms with van der Waals surface area (Å²) in [6.45, 7) is 0. The van der Waals surface area contributed by atoms with Crippen molar-refractivity contribution < 1.29 is 0 Å². The fourth-order valence-corrected chi connectivity index (χ4v) is 1.90. The van der Waals surface area contributed by atoms with Crippen LogP contribution in [0.5, 0.6) is 0 Å². The van der Waals surface area contributed by atoms with Gasteiger partial charge in [0.25, 0.3) is 0 Å². The van der Waals surface area contributed by atoms with E-state index in [0.29, 0.717) is 6.42 Å². The molecule has 1 heterocycles. The fourth-order valence-electron chi connectivity index (χ4n) is 1.28. The molecule has 0 spiro atoms. The molecule has 0 saturated carbocycles. The van der Waals surface area contributed by atoms with Crippen LogP contribution in [0.4, 0.5) is 0 Å². The van der Waals surface area contributed by atoms with Gasteiger partial charge in [0.2, 0.25) is 0 Å². The lowest BCUT2D eigenvalue weighted by molar-refractivity contribution is 1.26. The first-order chi connectivity index (χ1) is 6.90. The van der Waals surface area contributed by atoms with Crippen molar-refractivity contribution in [2.24, 2.45) is 0 Å². The van der Waals surface area contributed by atoms with Crippen LogP contribution in [0.2, 0.25) is 0 Å². The van der Waals surface area contributed by atoms with Gasteiger partial charge in [-0.15, -0.1) is 11.3 Å². The number of hydrogen-bond acceptors (Lipinski definition) is 3. The van der Waals surface area contributed by atoms with Crippen LogP contribution >= 0.6 is 11.3 Å². The van der Waals surface area contributed by atoms with Gasteiger partial charge in [-0.25, -0.2) is 0 Å². The molecule has 0 aliphatic rings. The molecule has 0 unspecified atom stereocenters. The molecule has 0 aliphatic carbocycles. The highest BCUT2D eigenvalue weighted by atomic mass is 32.1. The van der Waals surface area contributed by atoms with Crippen molar-refractivity contribution >= 4 is 11.3 Å². The largest absolute Gasteiger partial charge is 0.252 e. The second kappa shape index (κ2) is 4.03. The monoisotopic (exact) mass is 200 g/mol. The molecular formula is C11H8N2S. The SMILES string of the molecule is N#CCc1cccc(-c2cncs2)c1. The maximum atomic E-state index is 8.58. The lowest BCUT2D eigenvalue weighted by Gasteiger charge is -1.98. The van der Waals surface area contributed by atoms with Crippen molar-refractivity contribution in [3.8, 4) is 16.5 Å². The molecule has 0 fully saturated rings. The minimum Gasteiger partial charge on any atom is -0.252 e. The molecule has 3 heteroatoms. The fraction of sp³-hybridized carbons (Fsp3) is 0.0909. The third-order valence-corrected chi connectivity index (χ3v) is 2.75. The van der Waals surface area contributed by atoms with E-state index in [1.54, 1.807) is 11.3 Å². The van der Waals surface area contributed by atoms with Gasteiger partial charge in [-0.05, 0) is 17.2 Å². The lowest BCUT2D eigenvalue weighted by atomic mass is 10.1. The smallest absolute Gasteiger partial charge is 0.0797 e. The molecule has 14 heavy (non-hydrogen) atoms. The minimum absolute atomic E-state index is 0.465. The lowest BCUT2D eigenvalue weighted by Crippen LogP contribution is -1.81. The van der Waals surface area contributed by atoms with Gasteiger partial charge in [0, 0.05) is 6.20 Å². The second-order valence-corrected chi connectivity index (χ2v) is 3.79. The highest BCUT2D eigenvalue weighted by Gasteiger charge is 1.99. The number of hydrogen-bond donors (Lipinski definition) is 0. The number of nitriles is 1. The quantitative estimate of drug-likeness (QED) is 0.747. The van der Waals surface area contributed by atoms with Gasteiger partial charge in [0.15, 0.2) is 0 Å². The summed E-state index contributed by atoms with van der Waals surface area (Å²) in [6.07, 6.45) is 2.31. The van der Waals surface area contributed by atoms with Crippen molar-refractivity contribution in [1.29, 1.82) is 5.26 Å². The average molecular weight is 200 g/mol. The van der Waals surface area contributed by atoms with Crippen LogP contribution in [-0.2, 0) is 6.42 Å². The van der Waals surface area contributed by atoms with Gasteiger partial charge in [0.1, 0.15) is 0 Å². The molecule has 0 radical (unpaired) electrons. The number of nitrogens with zero attached hydrogens (tertiary/aromatic N) is 2. The molecule has 0 N–H and O–H groups in total. The second-order valence-electron chi connectivity index (χ2n) is 2.90. The average Bonchev–Trinajstić information content (AvgIpc) is 2.71. The van der Waals surface area contributed by atoms with Crippen LogP contribution in [0.3, 0.4) is 0 Å². The Balaban J connectivity index is 2.37. The standard InChI is InChI=1S/C11H8N2S/c12-5-4-9-2-1-3-10(6-9)11-7-13-8-14-11/h1-3,6-8H,4H2. The van der Waals surface area contributed by atoms with Crippen LogP contribution in [-0.4, -0.2) is 4.98 Å². The molecular weight excluding hydrogens is 192 g/mol. The zero-order valence-electron chi connectivity index (χ0n) is 7.47. The maximum absolute atomic E-state index is 8.58. The number of aromatic nitrogens is 1. The van der Waals surface area contributed by atoms with Crippen molar-refractivity contribution in [3.63, 3.8) is 0 Å². The van der Waals surface area contributed by atoms with Crippen molar-refractivity contribution in [3.05, 3.63) is 41.5 Å². The molecule has 1 aromatic heterocycles. The Morgan fingerprint density at radius 3 is 3.07 bits per heavy atom. The van der Waals surface area contributed by atoms with Crippen LogP contribution in [0.1, 0.15) is 5.56 Å². The van der Waals surface area contributed by atoms with Crippen LogP contribution < -0.4 is 0 Å². The zero-order valence-corrected chi connectivity index (χ0v) is 8.29. The van der Waals surface area contributed by atoms with Gasteiger partial charge in [0.05, 0.1) is 22.9 Å². The first-order valence-electron chi connectivity index (χ1n) is 4.25. The highest BCUT2D eigenvalue weighted by molar-refractivity contribution is 7.13. The van der Waals surface area contributed by atoms with Gasteiger partial charge in [-0.1, -0.05) is 18.2 Å². The Morgan fingerprint density at radius 1 is 1.43 bits per heavy atom. The van der Waals surface area contributed by atoms with E-state index in [9.17, 15) is 0 Å². The Labute approximate surface area is 86.5 Å². The van der Waals surface area contributed by atoms with Crippen molar-refractivity contribution in [2.75, 3.05) is 0 Å². The van der Waals surface area contributed by atoms with E-state index in [1.807, 2.05) is 36.0 Å². The molecule has 1 aromatic carbocycles. The zero-order chi connectivity index (χ0) is 9.80. The normalized spacial score (nSPS) is 9.64. The third kappa shape index (κ3) is 1.81. The third-order valence-electron chi connectivity index (χ3n) is 1.93. The Bertz CT molecular complexity index is 454. The van der Waals surface area contributed by atoms with Crippen molar-refractivity contribution in [1.82, 2.24) is 4.98 Å². The van der Waals surface area contributed by atoms with E-state index < -0.39 is 0 Å². The van der Waals surface area contributed by atoms with Crippen molar-refractivity contribution in [2.45, 2.75) is 6.42 Å². The predicted octanol–water partition coefficient (Wildman–Crippen LogP) is 2.88. The Morgan fingerprint density at radius 2 is 2.36 bits per heavy atom. The van der Waals surface area contributed by atoms with E-state index >= 15 is 0 Å². The molecule has 0 aliphatic heterocycles. The van der Waals surface area contributed by atoms with Gasteiger partial charge in [-0.3, -0.25) is 4.98 Å². The van der Waals surface area contributed by atoms with E-state index in [4.69, 9.17) is 5.26 Å². The number of benzene rings is 1. The van der Waals surface area contributed by atoms with E-state index in [1.165, 1.54) is 0 Å². The summed E-state index contributed by atoms with van der Waals surface area (Å²) in [5, 5.41) is 8.58. The number of thiazole rings is 1. The highest BCUT2D eigenvalue weighted by Crippen LogP contribution is 2.23. The number of rotatable bonds is 2. The van der Waals surface area contributed by atoms with E-state index in [2.05, 4.69) is 11.1 Å². The minimum atomic E-state index is 0.465. The first-order valence-corrected chi connectivity index (χ1v) is 5.13. The summed E-state index contributed by atoms with van der Waals surface area (Å²) >= 11 is 1.61. The summed E-state index contributed by atoms with van der Waals surface area (Å²) in [6, 6.07) is 10.2. The molecule has 68 valence electrons. The summed E-state index contributed by atoms with van der Waals surface area (Å²) < 4.78 is 0. The molecule has 2 rings (SSSR count). The summed E-state index contributed by atoms with van der Waals surface area (Å²) in [5.74, 6) is 0. The molecule has 0 amide bonds. The van der Waals surface area contributed by atoms with Gasteiger partial charge in [-0.2, -0.15) is 5.26 Å². The predicted molar refractivity (Wildman–Crippen MR) is 56.9 cm³/mol. The molecule has 0 bridgehead atoms. The first kappa shape index (κ1) is 8.92. The van der Waals surface area contributed by atoms with Crippen LogP contribution in [0.15, 0.2) is 36.0 Å². The molecule has 2 aromatic rings. The van der Waals surface area contributed by atoms with Crippen LogP contribution in [0, 0.1) is 11.3 Å². The van der Waals surface area contributed by atoms with E-state index in [0.717, 1.165) is 16.0 Å². The maximum Gasteiger partial charge on any atom is 0.0797 e. The van der Waals surface area contributed by atoms with Crippen LogP contribution in [0.25, 0.3) is 10.4 Å². The molecule has 2 nitrogen and oxygen atoms in total. The Kier molecular flexibility index (Phi) is 2.57. The topological polar surface area (TPSA) is 36.7 Å². The summed E-state index contributed by atoms with van der Waals surface area (Å²) in [4.78, 5) is 5.17. The van der Waals surface area contributed by atoms with E-state index in [-0.39, 0.29) is 0 Å². The molecule has 0 atom stereocenters. The Hall–Kier alpha value is -1.66. The van der Waals surface area contributed by atoms with Gasteiger partial charge < -0.3 is 0 Å². The summed E-state index contributed by atoms with van der Waals surface area (Å²) in [5.41, 5.74) is 4.00. The van der Waals surface area contributed by atoms with Gasteiger partial charge >= 0.3 is 0 Å².